The predicted molar refractivity (Wildman–Crippen MR) is 73.1 cm³/mol. The van der Waals surface area contributed by atoms with Crippen LogP contribution in [0.5, 0.6) is 0 Å². The molecule has 1 aliphatic carbocycles. The van der Waals surface area contributed by atoms with Crippen LogP contribution in [0.25, 0.3) is 0 Å². The smallest absolute Gasteiger partial charge is 0.153 e. The molecule has 0 saturated carbocycles. The molecular weight excluding hydrogens is 292 g/mol. The van der Waals surface area contributed by atoms with Crippen molar-refractivity contribution in [1.29, 1.82) is 0 Å². The van der Waals surface area contributed by atoms with Crippen molar-refractivity contribution >= 4 is 15.9 Å². The lowest BCUT2D eigenvalue weighted by Gasteiger charge is -2.20. The van der Waals surface area contributed by atoms with Crippen LogP contribution in [0.15, 0.2) is 28.9 Å². The normalized spacial score (nSPS) is 19.8. The van der Waals surface area contributed by atoms with E-state index in [1.54, 1.807) is 4.68 Å². The third-order valence-electron chi connectivity index (χ3n) is 3.76. The number of benzene rings is 1. The van der Waals surface area contributed by atoms with Crippen LogP contribution in [0.4, 0.5) is 0 Å². The van der Waals surface area contributed by atoms with Gasteiger partial charge in [0.1, 0.15) is 0 Å². The Morgan fingerprint density at radius 2 is 2.22 bits per heavy atom. The quantitative estimate of drug-likeness (QED) is 0.926. The summed E-state index contributed by atoms with van der Waals surface area (Å²) in [6, 6.07) is 8.49. The van der Waals surface area contributed by atoms with Gasteiger partial charge in [-0.2, -0.15) is 0 Å². The first-order chi connectivity index (χ1) is 8.68. The maximum absolute atomic E-state index is 6.43. The fourth-order valence-electron chi connectivity index (χ4n) is 2.85. The number of aryl methyl sites for hydroxylation is 2. The van der Waals surface area contributed by atoms with E-state index < -0.39 is 0 Å². The zero-order valence-electron chi connectivity index (χ0n) is 10.2. The number of nitrogens with zero attached hydrogens (tertiary/aromatic N) is 3. The minimum Gasteiger partial charge on any atom is -0.322 e. The van der Waals surface area contributed by atoms with Gasteiger partial charge in [-0.1, -0.05) is 29.5 Å². The number of aromatic nitrogens is 3. The van der Waals surface area contributed by atoms with Gasteiger partial charge in [-0.3, -0.25) is 0 Å². The zero-order chi connectivity index (χ0) is 12.7. The van der Waals surface area contributed by atoms with Crippen molar-refractivity contribution in [2.75, 3.05) is 0 Å². The van der Waals surface area contributed by atoms with Crippen molar-refractivity contribution in [2.45, 2.75) is 24.8 Å². The average molecular weight is 307 g/mol. The topological polar surface area (TPSA) is 56.7 Å². The highest BCUT2D eigenvalue weighted by molar-refractivity contribution is 9.10. The van der Waals surface area contributed by atoms with E-state index in [0.29, 0.717) is 5.92 Å². The zero-order valence-corrected chi connectivity index (χ0v) is 11.8. The molecule has 0 spiro atoms. The number of nitrogens with two attached hydrogens (primary N) is 1. The van der Waals surface area contributed by atoms with Crippen molar-refractivity contribution in [3.05, 3.63) is 45.7 Å². The van der Waals surface area contributed by atoms with Crippen LogP contribution in [0.1, 0.15) is 35.2 Å². The first kappa shape index (κ1) is 11.9. The van der Waals surface area contributed by atoms with Crippen LogP contribution in [0, 0.1) is 0 Å². The number of fused-ring (bicyclic) bond motifs is 1. The molecule has 2 unspecified atom stereocenters. The summed E-state index contributed by atoms with van der Waals surface area (Å²) in [6.45, 7) is 0. The van der Waals surface area contributed by atoms with Gasteiger partial charge in [0.25, 0.3) is 0 Å². The van der Waals surface area contributed by atoms with E-state index in [0.717, 1.165) is 23.1 Å². The van der Waals surface area contributed by atoms with Gasteiger partial charge in [0.15, 0.2) is 4.60 Å². The fraction of sp³-hybridized carbons (Fsp3) is 0.385. The van der Waals surface area contributed by atoms with E-state index >= 15 is 0 Å². The minimum atomic E-state index is -0.0666. The lowest BCUT2D eigenvalue weighted by atomic mass is 9.92. The van der Waals surface area contributed by atoms with Gasteiger partial charge < -0.3 is 5.73 Å². The molecule has 0 radical (unpaired) electrons. The van der Waals surface area contributed by atoms with Crippen LogP contribution in [-0.2, 0) is 13.5 Å². The summed E-state index contributed by atoms with van der Waals surface area (Å²) < 4.78 is 2.51. The summed E-state index contributed by atoms with van der Waals surface area (Å²) in [5.74, 6) is 0.356. The van der Waals surface area contributed by atoms with E-state index in [1.165, 1.54) is 11.1 Å². The standard InChI is InChI=1S/C13H15BrN4/c1-18-12(13(14)16-17-18)11(15)10-7-6-8-4-2-3-5-9(8)10/h2-5,10-11H,6-7,15H2,1H3. The first-order valence-corrected chi connectivity index (χ1v) is 6.86. The van der Waals surface area contributed by atoms with E-state index in [2.05, 4.69) is 50.5 Å². The Morgan fingerprint density at radius 1 is 1.44 bits per heavy atom. The Morgan fingerprint density at radius 3 is 2.94 bits per heavy atom. The molecule has 1 aliphatic rings. The van der Waals surface area contributed by atoms with Gasteiger partial charge in [-0.15, -0.1) is 5.10 Å². The Labute approximate surface area is 114 Å². The van der Waals surface area contributed by atoms with Gasteiger partial charge >= 0.3 is 0 Å². The summed E-state index contributed by atoms with van der Waals surface area (Å²) in [4.78, 5) is 0. The van der Waals surface area contributed by atoms with E-state index in [9.17, 15) is 0 Å². The second-order valence-corrected chi connectivity index (χ2v) is 5.51. The number of halogens is 1. The van der Waals surface area contributed by atoms with Crippen LogP contribution in [0.3, 0.4) is 0 Å². The van der Waals surface area contributed by atoms with Crippen molar-refractivity contribution in [1.82, 2.24) is 15.0 Å². The molecule has 3 rings (SSSR count). The van der Waals surface area contributed by atoms with Crippen LogP contribution in [0.2, 0.25) is 0 Å². The van der Waals surface area contributed by atoms with Crippen molar-refractivity contribution in [2.24, 2.45) is 12.8 Å². The van der Waals surface area contributed by atoms with Crippen LogP contribution >= 0.6 is 15.9 Å². The second kappa shape index (κ2) is 4.48. The summed E-state index contributed by atoms with van der Waals surface area (Å²) >= 11 is 3.43. The maximum Gasteiger partial charge on any atom is 0.153 e. The summed E-state index contributed by atoms with van der Waals surface area (Å²) in [6.07, 6.45) is 2.20. The van der Waals surface area contributed by atoms with Gasteiger partial charge in [-0.05, 0) is 39.9 Å². The van der Waals surface area contributed by atoms with E-state index in [-0.39, 0.29) is 6.04 Å². The summed E-state index contributed by atoms with van der Waals surface area (Å²) in [7, 11) is 1.88. The molecule has 2 N–H and O–H groups in total. The summed E-state index contributed by atoms with van der Waals surface area (Å²) in [5.41, 5.74) is 10.2. The molecule has 0 aliphatic heterocycles. The van der Waals surface area contributed by atoms with Gasteiger partial charge in [0.05, 0.1) is 11.7 Å². The molecule has 5 heteroatoms. The molecule has 0 bridgehead atoms. The molecule has 18 heavy (non-hydrogen) atoms. The largest absolute Gasteiger partial charge is 0.322 e. The molecule has 0 amide bonds. The van der Waals surface area contributed by atoms with Crippen LogP contribution in [-0.4, -0.2) is 15.0 Å². The van der Waals surface area contributed by atoms with Crippen molar-refractivity contribution in [3.63, 3.8) is 0 Å². The highest BCUT2D eigenvalue weighted by Crippen LogP contribution is 2.41. The number of hydrogen-bond donors (Lipinski definition) is 1. The molecule has 0 fully saturated rings. The molecule has 1 heterocycles. The Balaban J connectivity index is 1.98. The monoisotopic (exact) mass is 306 g/mol. The molecule has 4 nitrogen and oxygen atoms in total. The second-order valence-electron chi connectivity index (χ2n) is 4.76. The first-order valence-electron chi connectivity index (χ1n) is 6.07. The van der Waals surface area contributed by atoms with E-state index in [4.69, 9.17) is 5.73 Å². The lowest BCUT2D eigenvalue weighted by molar-refractivity contribution is 0.509. The highest BCUT2D eigenvalue weighted by Gasteiger charge is 2.31. The maximum atomic E-state index is 6.43. The lowest BCUT2D eigenvalue weighted by Crippen LogP contribution is -2.21. The van der Waals surface area contributed by atoms with Crippen LogP contribution < -0.4 is 5.73 Å². The number of rotatable bonds is 2. The fourth-order valence-corrected chi connectivity index (χ4v) is 3.44. The molecule has 2 aromatic rings. The Bertz CT molecular complexity index is 559. The third-order valence-corrected chi connectivity index (χ3v) is 4.32. The molecule has 2 atom stereocenters. The minimum absolute atomic E-state index is 0.0666. The highest BCUT2D eigenvalue weighted by atomic mass is 79.9. The molecular formula is C13H15BrN4. The third kappa shape index (κ3) is 1.78. The molecule has 94 valence electrons. The SMILES string of the molecule is Cn1nnc(Br)c1C(N)C1CCc2ccccc21. The molecule has 1 aromatic carbocycles. The number of hydrogen-bond acceptors (Lipinski definition) is 3. The van der Waals surface area contributed by atoms with Gasteiger partial charge in [0, 0.05) is 13.0 Å². The van der Waals surface area contributed by atoms with E-state index in [1.807, 2.05) is 7.05 Å². The Hall–Kier alpha value is -1.20. The van der Waals surface area contributed by atoms with Gasteiger partial charge in [0.2, 0.25) is 0 Å². The van der Waals surface area contributed by atoms with Gasteiger partial charge in [-0.25, -0.2) is 4.68 Å². The molecule has 0 saturated heterocycles. The predicted octanol–water partition coefficient (Wildman–Crippen LogP) is 2.31. The van der Waals surface area contributed by atoms with Crippen molar-refractivity contribution in [3.8, 4) is 0 Å². The Kier molecular flexibility index (Phi) is 2.95. The molecule has 1 aromatic heterocycles. The summed E-state index contributed by atoms with van der Waals surface area (Å²) in [5, 5.41) is 8.02. The average Bonchev–Trinajstić information content (AvgIpc) is 2.93. The van der Waals surface area contributed by atoms with Crippen molar-refractivity contribution < 1.29 is 0 Å².